The maximum Gasteiger partial charge on any atom is 0.233 e. The molecular weight excluding hydrogens is 410 g/mol. The molecular formula is C23H27N5O2S. The Morgan fingerprint density at radius 1 is 1.06 bits per heavy atom. The first-order valence-corrected chi connectivity index (χ1v) is 11.4. The molecule has 162 valence electrons. The van der Waals surface area contributed by atoms with E-state index in [4.69, 9.17) is 4.74 Å². The van der Waals surface area contributed by atoms with Crippen LogP contribution in [0.25, 0.3) is 17.1 Å². The summed E-state index contributed by atoms with van der Waals surface area (Å²) >= 11 is 1.41. The lowest BCUT2D eigenvalue weighted by Crippen LogP contribution is -2.48. The number of hydrogen-bond acceptors (Lipinski definition) is 6. The molecule has 0 spiro atoms. The molecule has 0 saturated carbocycles. The van der Waals surface area contributed by atoms with Crippen molar-refractivity contribution in [2.24, 2.45) is 0 Å². The third kappa shape index (κ3) is 4.80. The minimum absolute atomic E-state index is 0.0511. The zero-order valence-corrected chi connectivity index (χ0v) is 19.1. The normalized spacial score (nSPS) is 18.9. The predicted octanol–water partition coefficient (Wildman–Crippen LogP) is 3.67. The number of thioether (sulfide) groups is 1. The lowest BCUT2D eigenvalue weighted by Gasteiger charge is -2.35. The van der Waals surface area contributed by atoms with Crippen LogP contribution in [-0.4, -0.2) is 61.6 Å². The number of carbonyl (C=O) groups is 1. The number of rotatable bonds is 5. The van der Waals surface area contributed by atoms with Crippen molar-refractivity contribution in [1.82, 2.24) is 24.6 Å². The van der Waals surface area contributed by atoms with Gasteiger partial charge in [0.05, 0.1) is 23.6 Å². The number of benzene rings is 1. The Morgan fingerprint density at radius 3 is 2.45 bits per heavy atom. The van der Waals surface area contributed by atoms with Gasteiger partial charge in [-0.05, 0) is 63.1 Å². The Balaban J connectivity index is 1.62. The van der Waals surface area contributed by atoms with E-state index < -0.39 is 0 Å². The number of pyridine rings is 1. The molecule has 3 heterocycles. The number of hydrogen-bond donors (Lipinski definition) is 0. The maximum absolute atomic E-state index is 12.9. The summed E-state index contributed by atoms with van der Waals surface area (Å²) < 4.78 is 7.77. The lowest BCUT2D eigenvalue weighted by atomic mass is 10.1. The highest BCUT2D eigenvalue weighted by Crippen LogP contribution is 2.29. The summed E-state index contributed by atoms with van der Waals surface area (Å²) in [7, 11) is 0. The quantitative estimate of drug-likeness (QED) is 0.567. The van der Waals surface area contributed by atoms with E-state index in [1.54, 1.807) is 12.4 Å². The van der Waals surface area contributed by atoms with Crippen LogP contribution < -0.4 is 0 Å². The molecule has 2 aromatic heterocycles. The van der Waals surface area contributed by atoms with Crippen LogP contribution in [0.2, 0.25) is 0 Å². The molecule has 1 aromatic carbocycles. The van der Waals surface area contributed by atoms with Gasteiger partial charge in [-0.25, -0.2) is 0 Å². The minimum Gasteiger partial charge on any atom is -0.372 e. The van der Waals surface area contributed by atoms with Crippen molar-refractivity contribution in [3.8, 4) is 17.1 Å². The van der Waals surface area contributed by atoms with Crippen LogP contribution in [0.1, 0.15) is 25.0 Å². The van der Waals surface area contributed by atoms with Gasteiger partial charge >= 0.3 is 0 Å². The minimum atomic E-state index is 0.0511. The van der Waals surface area contributed by atoms with Gasteiger partial charge < -0.3 is 9.64 Å². The summed E-state index contributed by atoms with van der Waals surface area (Å²) in [6, 6.07) is 10.1. The van der Waals surface area contributed by atoms with E-state index in [-0.39, 0.29) is 18.1 Å². The smallest absolute Gasteiger partial charge is 0.233 e. The van der Waals surface area contributed by atoms with Gasteiger partial charge in [0.2, 0.25) is 5.91 Å². The highest BCUT2D eigenvalue weighted by Gasteiger charge is 2.26. The maximum atomic E-state index is 12.9. The number of ether oxygens (including phenoxy) is 1. The van der Waals surface area contributed by atoms with Crippen molar-refractivity contribution in [2.45, 2.75) is 45.1 Å². The molecule has 4 rings (SSSR count). The second-order valence-electron chi connectivity index (χ2n) is 7.99. The van der Waals surface area contributed by atoms with Gasteiger partial charge in [-0.1, -0.05) is 17.8 Å². The van der Waals surface area contributed by atoms with Crippen LogP contribution in [0.3, 0.4) is 0 Å². The largest absolute Gasteiger partial charge is 0.372 e. The summed E-state index contributed by atoms with van der Waals surface area (Å²) in [5.41, 5.74) is 4.32. The molecule has 3 aromatic rings. The number of morpholine rings is 1. The molecule has 1 fully saturated rings. The van der Waals surface area contributed by atoms with E-state index in [2.05, 4.69) is 47.2 Å². The van der Waals surface area contributed by atoms with Crippen molar-refractivity contribution < 1.29 is 9.53 Å². The topological polar surface area (TPSA) is 73.1 Å². The fourth-order valence-corrected chi connectivity index (χ4v) is 4.60. The van der Waals surface area contributed by atoms with Crippen LogP contribution in [0, 0.1) is 13.8 Å². The molecule has 8 heteroatoms. The average Bonchev–Trinajstić information content (AvgIpc) is 3.18. The van der Waals surface area contributed by atoms with Crippen molar-refractivity contribution in [3.63, 3.8) is 0 Å². The molecule has 1 amide bonds. The number of aryl methyl sites for hydroxylation is 2. The zero-order chi connectivity index (χ0) is 22.0. The summed E-state index contributed by atoms with van der Waals surface area (Å²) in [6.45, 7) is 9.42. The molecule has 2 atom stereocenters. The first-order chi connectivity index (χ1) is 14.9. The molecule has 0 bridgehead atoms. The van der Waals surface area contributed by atoms with Crippen molar-refractivity contribution in [2.75, 3.05) is 18.8 Å². The molecule has 0 N–H and O–H groups in total. The van der Waals surface area contributed by atoms with Crippen LogP contribution in [-0.2, 0) is 9.53 Å². The zero-order valence-electron chi connectivity index (χ0n) is 18.3. The molecule has 2 unspecified atom stereocenters. The Morgan fingerprint density at radius 2 is 1.77 bits per heavy atom. The SMILES string of the molecule is Cc1ccc(-n2c(SCC(=O)N3CC(C)OC(C)C3)nnc2-c2ccncc2)cc1C. The van der Waals surface area contributed by atoms with E-state index in [1.807, 2.05) is 35.4 Å². The highest BCUT2D eigenvalue weighted by molar-refractivity contribution is 7.99. The number of nitrogens with zero attached hydrogens (tertiary/aromatic N) is 5. The molecule has 0 radical (unpaired) electrons. The van der Waals surface area contributed by atoms with E-state index in [9.17, 15) is 4.79 Å². The summed E-state index contributed by atoms with van der Waals surface area (Å²) in [4.78, 5) is 18.9. The Labute approximate surface area is 186 Å². The Bertz CT molecular complexity index is 1060. The van der Waals surface area contributed by atoms with Crippen LogP contribution in [0.15, 0.2) is 47.9 Å². The van der Waals surface area contributed by atoms with Gasteiger partial charge in [-0.2, -0.15) is 0 Å². The van der Waals surface area contributed by atoms with E-state index in [0.29, 0.717) is 24.0 Å². The van der Waals surface area contributed by atoms with Gasteiger partial charge in [-0.15, -0.1) is 10.2 Å². The number of carbonyl (C=O) groups excluding carboxylic acids is 1. The predicted molar refractivity (Wildman–Crippen MR) is 121 cm³/mol. The van der Waals surface area contributed by atoms with Crippen LogP contribution in [0.5, 0.6) is 0 Å². The Kier molecular flexibility index (Phi) is 6.38. The number of amides is 1. The fraction of sp³-hybridized carbons (Fsp3) is 0.391. The van der Waals surface area contributed by atoms with Crippen molar-refractivity contribution in [3.05, 3.63) is 53.9 Å². The lowest BCUT2D eigenvalue weighted by molar-refractivity contribution is -0.140. The van der Waals surface area contributed by atoms with Crippen LogP contribution >= 0.6 is 11.8 Å². The molecule has 0 aliphatic carbocycles. The summed E-state index contributed by atoms with van der Waals surface area (Å²) in [5, 5.41) is 9.57. The van der Waals surface area contributed by atoms with Gasteiger partial charge in [-0.3, -0.25) is 14.3 Å². The first kappa shape index (κ1) is 21.5. The van der Waals surface area contributed by atoms with Crippen molar-refractivity contribution in [1.29, 1.82) is 0 Å². The third-order valence-electron chi connectivity index (χ3n) is 5.42. The van der Waals surface area contributed by atoms with E-state index in [1.165, 1.54) is 22.9 Å². The molecule has 1 saturated heterocycles. The van der Waals surface area contributed by atoms with Crippen molar-refractivity contribution >= 4 is 17.7 Å². The first-order valence-electron chi connectivity index (χ1n) is 10.4. The second-order valence-corrected chi connectivity index (χ2v) is 8.93. The number of aromatic nitrogens is 4. The molecule has 31 heavy (non-hydrogen) atoms. The average molecular weight is 438 g/mol. The standard InChI is InChI=1S/C23H27N5O2S/c1-15-5-6-20(11-16(15)2)28-22(19-7-9-24-10-8-19)25-26-23(28)31-14-21(29)27-12-17(3)30-18(4)13-27/h5-11,17-18H,12-14H2,1-4H3. The third-order valence-corrected chi connectivity index (χ3v) is 6.33. The molecule has 1 aliphatic heterocycles. The Hall–Kier alpha value is -2.71. The molecule has 1 aliphatic rings. The summed E-state index contributed by atoms with van der Waals surface area (Å²) in [5.74, 6) is 1.12. The van der Waals surface area contributed by atoms with E-state index >= 15 is 0 Å². The molecule has 7 nitrogen and oxygen atoms in total. The van der Waals surface area contributed by atoms with Gasteiger partial charge in [0.25, 0.3) is 0 Å². The van der Waals surface area contributed by atoms with E-state index in [0.717, 1.165) is 17.1 Å². The summed E-state index contributed by atoms with van der Waals surface area (Å²) in [6.07, 6.45) is 3.59. The van der Waals surface area contributed by atoms with Gasteiger partial charge in [0.15, 0.2) is 11.0 Å². The van der Waals surface area contributed by atoms with Gasteiger partial charge in [0.1, 0.15) is 0 Å². The highest BCUT2D eigenvalue weighted by atomic mass is 32.2. The van der Waals surface area contributed by atoms with Gasteiger partial charge in [0, 0.05) is 31.0 Å². The fourth-order valence-electron chi connectivity index (χ4n) is 3.75. The second kappa shape index (κ2) is 9.20. The monoisotopic (exact) mass is 437 g/mol. The van der Waals surface area contributed by atoms with Crippen LogP contribution in [0.4, 0.5) is 0 Å².